The molecule has 5 heteroatoms. The third kappa shape index (κ3) is 2.58. The summed E-state index contributed by atoms with van der Waals surface area (Å²) in [5.74, 6) is 0. The summed E-state index contributed by atoms with van der Waals surface area (Å²) in [5, 5.41) is 1.95. The topological polar surface area (TPSA) is 31.4 Å². The third-order valence-electron chi connectivity index (χ3n) is 2.40. The van der Waals surface area contributed by atoms with Crippen molar-refractivity contribution in [2.24, 2.45) is 0 Å². The van der Waals surface area contributed by atoms with E-state index in [9.17, 15) is 0 Å². The lowest BCUT2D eigenvalue weighted by atomic mass is 10.2. The van der Waals surface area contributed by atoms with E-state index < -0.39 is 0 Å². The second-order valence-electron chi connectivity index (χ2n) is 3.49. The molecule has 84 valence electrons. The summed E-state index contributed by atoms with van der Waals surface area (Å²) in [5.41, 5.74) is 1.05. The molecule has 1 unspecified atom stereocenters. The van der Waals surface area contributed by atoms with Crippen molar-refractivity contribution in [1.29, 1.82) is 0 Å². The van der Waals surface area contributed by atoms with Crippen molar-refractivity contribution in [3.63, 3.8) is 0 Å². The summed E-state index contributed by atoms with van der Waals surface area (Å²) in [7, 11) is 1.70. The molecule has 0 aliphatic carbocycles. The molecule has 1 aliphatic rings. The predicted molar refractivity (Wildman–Crippen MR) is 63.4 cm³/mol. The number of nitrogens with zero attached hydrogens (tertiary/aromatic N) is 1. The number of ether oxygens (including phenoxy) is 2. The van der Waals surface area contributed by atoms with Gasteiger partial charge in [-0.3, -0.25) is 0 Å². The Hall–Kier alpha value is 0.0300. The quantitative estimate of drug-likeness (QED) is 0.799. The van der Waals surface area contributed by atoms with Gasteiger partial charge in [-0.25, -0.2) is 4.98 Å². The van der Waals surface area contributed by atoms with Crippen LogP contribution in [0.4, 0.5) is 0 Å². The summed E-state index contributed by atoms with van der Waals surface area (Å²) < 4.78 is 10.8. The van der Waals surface area contributed by atoms with Crippen LogP contribution in [0, 0.1) is 0 Å². The number of halogens is 1. The first-order chi connectivity index (χ1) is 7.35. The van der Waals surface area contributed by atoms with Gasteiger partial charge in [-0.15, -0.1) is 11.3 Å². The summed E-state index contributed by atoms with van der Waals surface area (Å²) in [6, 6.07) is 0. The van der Waals surface area contributed by atoms with Gasteiger partial charge in [-0.1, -0.05) is 15.9 Å². The molecule has 0 amide bonds. The van der Waals surface area contributed by atoms with Gasteiger partial charge >= 0.3 is 0 Å². The van der Waals surface area contributed by atoms with Crippen molar-refractivity contribution in [3.8, 4) is 0 Å². The number of aromatic nitrogens is 1. The average Bonchev–Trinajstić information content (AvgIpc) is 2.84. The molecular weight excluding hydrogens is 278 g/mol. The maximum atomic E-state index is 5.62. The van der Waals surface area contributed by atoms with Gasteiger partial charge in [0.1, 0.15) is 11.1 Å². The van der Waals surface area contributed by atoms with E-state index >= 15 is 0 Å². The highest BCUT2D eigenvalue weighted by molar-refractivity contribution is 9.08. The Labute approximate surface area is 102 Å². The van der Waals surface area contributed by atoms with Crippen LogP contribution in [0.1, 0.15) is 34.5 Å². The minimum Gasteiger partial charge on any atom is -0.378 e. The number of hydrogen-bond acceptors (Lipinski definition) is 4. The van der Waals surface area contributed by atoms with E-state index in [0.717, 1.165) is 35.5 Å². The van der Waals surface area contributed by atoms with E-state index in [1.54, 1.807) is 18.4 Å². The van der Waals surface area contributed by atoms with Crippen molar-refractivity contribution in [2.45, 2.75) is 30.9 Å². The molecule has 0 aromatic carbocycles. The maximum absolute atomic E-state index is 5.62. The molecule has 1 aliphatic heterocycles. The molecule has 1 fully saturated rings. The first-order valence-electron chi connectivity index (χ1n) is 5.00. The zero-order valence-corrected chi connectivity index (χ0v) is 11.1. The molecule has 1 atom stereocenters. The van der Waals surface area contributed by atoms with Crippen LogP contribution in [0.5, 0.6) is 0 Å². The average molecular weight is 292 g/mol. The Balaban J connectivity index is 2.17. The van der Waals surface area contributed by atoms with Crippen molar-refractivity contribution < 1.29 is 9.47 Å². The summed E-state index contributed by atoms with van der Waals surface area (Å²) in [6.07, 6.45) is 2.47. The lowest BCUT2D eigenvalue weighted by Gasteiger charge is -2.03. The molecule has 0 spiro atoms. The van der Waals surface area contributed by atoms with E-state index in [2.05, 4.69) is 20.9 Å². The molecule has 0 bridgehead atoms. The van der Waals surface area contributed by atoms with Gasteiger partial charge < -0.3 is 9.47 Å². The fourth-order valence-corrected chi connectivity index (χ4v) is 3.34. The molecule has 2 rings (SSSR count). The van der Waals surface area contributed by atoms with Crippen LogP contribution in [0.3, 0.4) is 0 Å². The smallest absolute Gasteiger partial charge is 0.122 e. The number of methoxy groups -OCH3 is 1. The van der Waals surface area contributed by atoms with Crippen molar-refractivity contribution >= 4 is 27.3 Å². The highest BCUT2D eigenvalue weighted by Crippen LogP contribution is 2.33. The highest BCUT2D eigenvalue weighted by Gasteiger charge is 2.22. The zero-order chi connectivity index (χ0) is 10.7. The van der Waals surface area contributed by atoms with Crippen LogP contribution >= 0.6 is 27.3 Å². The molecule has 1 saturated heterocycles. The number of rotatable bonds is 4. The van der Waals surface area contributed by atoms with E-state index in [4.69, 9.17) is 9.47 Å². The minimum atomic E-state index is 0.221. The van der Waals surface area contributed by atoms with Gasteiger partial charge in [0.15, 0.2) is 0 Å². The van der Waals surface area contributed by atoms with Crippen molar-refractivity contribution in [1.82, 2.24) is 4.98 Å². The summed E-state index contributed by atoms with van der Waals surface area (Å²) >= 11 is 5.21. The lowest BCUT2D eigenvalue weighted by molar-refractivity contribution is 0.111. The molecule has 2 heterocycles. The Bertz CT molecular complexity index is 323. The zero-order valence-electron chi connectivity index (χ0n) is 8.66. The normalized spacial score (nSPS) is 21.1. The Kier molecular flexibility index (Phi) is 4.13. The largest absolute Gasteiger partial charge is 0.378 e. The van der Waals surface area contributed by atoms with Gasteiger partial charge in [-0.2, -0.15) is 0 Å². The van der Waals surface area contributed by atoms with Crippen molar-refractivity contribution in [3.05, 3.63) is 15.6 Å². The van der Waals surface area contributed by atoms with Crippen LogP contribution < -0.4 is 0 Å². The number of thiazole rings is 1. The third-order valence-corrected chi connectivity index (χ3v) is 4.52. The molecule has 1 aromatic rings. The fourth-order valence-electron chi connectivity index (χ4n) is 1.67. The van der Waals surface area contributed by atoms with Crippen LogP contribution in [0.2, 0.25) is 0 Å². The minimum absolute atomic E-state index is 0.221. The van der Waals surface area contributed by atoms with Gasteiger partial charge in [0.2, 0.25) is 0 Å². The lowest BCUT2D eigenvalue weighted by Crippen LogP contribution is -1.96. The first kappa shape index (κ1) is 11.5. The van der Waals surface area contributed by atoms with Crippen LogP contribution in [-0.4, -0.2) is 18.7 Å². The SMILES string of the molecule is COCc1nc(C2CCCO2)sc1CBr. The molecule has 0 saturated carbocycles. The molecule has 0 radical (unpaired) electrons. The summed E-state index contributed by atoms with van der Waals surface area (Å²) in [4.78, 5) is 5.84. The summed E-state index contributed by atoms with van der Waals surface area (Å²) in [6.45, 7) is 1.46. The number of hydrogen-bond donors (Lipinski definition) is 0. The maximum Gasteiger partial charge on any atom is 0.122 e. The Morgan fingerprint density at radius 2 is 2.53 bits per heavy atom. The molecule has 1 aromatic heterocycles. The second kappa shape index (κ2) is 5.39. The Morgan fingerprint density at radius 1 is 1.67 bits per heavy atom. The van der Waals surface area contributed by atoms with Gasteiger partial charge in [0, 0.05) is 23.9 Å². The predicted octanol–water partition coefficient (Wildman–Crippen LogP) is 3.04. The van der Waals surface area contributed by atoms with Crippen LogP contribution in [0.15, 0.2) is 0 Å². The van der Waals surface area contributed by atoms with Crippen molar-refractivity contribution in [2.75, 3.05) is 13.7 Å². The molecule has 15 heavy (non-hydrogen) atoms. The van der Waals surface area contributed by atoms with E-state index in [1.165, 1.54) is 4.88 Å². The van der Waals surface area contributed by atoms with Gasteiger partial charge in [0.25, 0.3) is 0 Å². The molecule has 3 nitrogen and oxygen atoms in total. The Morgan fingerprint density at radius 3 is 3.13 bits per heavy atom. The fraction of sp³-hybridized carbons (Fsp3) is 0.700. The van der Waals surface area contributed by atoms with Crippen LogP contribution in [-0.2, 0) is 21.4 Å². The van der Waals surface area contributed by atoms with E-state index in [-0.39, 0.29) is 6.10 Å². The second-order valence-corrected chi connectivity index (χ2v) is 5.17. The van der Waals surface area contributed by atoms with Crippen LogP contribution in [0.25, 0.3) is 0 Å². The van der Waals surface area contributed by atoms with Gasteiger partial charge in [-0.05, 0) is 12.8 Å². The van der Waals surface area contributed by atoms with E-state index in [1.807, 2.05) is 0 Å². The highest BCUT2D eigenvalue weighted by atomic mass is 79.9. The number of alkyl halides is 1. The van der Waals surface area contributed by atoms with E-state index in [0.29, 0.717) is 6.61 Å². The molecular formula is C10H14BrNO2S. The molecule has 0 N–H and O–H groups in total. The standard InChI is InChI=1S/C10H14BrNO2S/c1-13-6-7-9(5-11)15-10(12-7)8-3-2-4-14-8/h8H,2-6H2,1H3. The monoisotopic (exact) mass is 291 g/mol. The van der Waals surface area contributed by atoms with Gasteiger partial charge in [0.05, 0.1) is 12.3 Å². The first-order valence-corrected chi connectivity index (χ1v) is 6.94.